The van der Waals surface area contributed by atoms with Gasteiger partial charge in [-0.15, -0.1) is 0 Å². The molecule has 2 rings (SSSR count). The smallest absolute Gasteiger partial charge is 0.335 e. The number of halogens is 2. The maximum absolute atomic E-state index is 11.0. The van der Waals surface area contributed by atoms with E-state index in [4.69, 9.17) is 26.2 Å². The SMILES string of the molecule is COc1cc(C(=O)O)cc(Cl)c1OCc1ccc(Br)cc1. The minimum absolute atomic E-state index is 0.0489. The first kappa shape index (κ1) is 15.7. The quantitative estimate of drug-likeness (QED) is 0.847. The highest BCUT2D eigenvalue weighted by Gasteiger charge is 2.15. The molecule has 2 aromatic rings. The number of methoxy groups -OCH3 is 1. The number of benzene rings is 2. The zero-order valence-electron chi connectivity index (χ0n) is 11.1. The number of ether oxygens (including phenoxy) is 2. The first-order chi connectivity index (χ1) is 10.0. The summed E-state index contributed by atoms with van der Waals surface area (Å²) in [5, 5.41) is 9.19. The predicted molar refractivity (Wildman–Crippen MR) is 83.4 cm³/mol. The van der Waals surface area contributed by atoms with Crippen LogP contribution in [0.25, 0.3) is 0 Å². The fourth-order valence-corrected chi connectivity index (χ4v) is 2.25. The van der Waals surface area contributed by atoms with Gasteiger partial charge in [0.1, 0.15) is 6.61 Å². The van der Waals surface area contributed by atoms with E-state index in [9.17, 15) is 4.79 Å². The number of carboxylic acids is 1. The van der Waals surface area contributed by atoms with Crippen LogP contribution in [0, 0.1) is 0 Å². The highest BCUT2D eigenvalue weighted by atomic mass is 79.9. The lowest BCUT2D eigenvalue weighted by atomic mass is 10.2. The monoisotopic (exact) mass is 370 g/mol. The van der Waals surface area contributed by atoms with Crippen LogP contribution >= 0.6 is 27.5 Å². The van der Waals surface area contributed by atoms with Gasteiger partial charge in [-0.25, -0.2) is 4.79 Å². The van der Waals surface area contributed by atoms with Gasteiger partial charge in [0.25, 0.3) is 0 Å². The summed E-state index contributed by atoms with van der Waals surface area (Å²) >= 11 is 9.43. The third kappa shape index (κ3) is 3.89. The van der Waals surface area contributed by atoms with Crippen molar-refractivity contribution in [2.75, 3.05) is 7.11 Å². The van der Waals surface area contributed by atoms with Crippen molar-refractivity contribution < 1.29 is 19.4 Å². The first-order valence-corrected chi connectivity index (χ1v) is 7.16. The average Bonchev–Trinajstić information content (AvgIpc) is 2.46. The lowest BCUT2D eigenvalue weighted by molar-refractivity contribution is 0.0696. The molecule has 0 saturated carbocycles. The third-order valence-electron chi connectivity index (χ3n) is 2.77. The van der Waals surface area contributed by atoms with Gasteiger partial charge in [0, 0.05) is 4.47 Å². The lowest BCUT2D eigenvalue weighted by Gasteiger charge is -2.13. The molecule has 0 aliphatic carbocycles. The van der Waals surface area contributed by atoms with E-state index in [0.717, 1.165) is 10.0 Å². The van der Waals surface area contributed by atoms with Crippen molar-refractivity contribution in [3.8, 4) is 11.5 Å². The van der Waals surface area contributed by atoms with Crippen LogP contribution in [0.3, 0.4) is 0 Å². The van der Waals surface area contributed by atoms with Gasteiger partial charge in [-0.2, -0.15) is 0 Å². The van der Waals surface area contributed by atoms with Crippen LogP contribution in [-0.2, 0) is 6.61 Å². The Labute approximate surface area is 135 Å². The molecular weight excluding hydrogens is 360 g/mol. The molecule has 0 atom stereocenters. The van der Waals surface area contributed by atoms with Crippen LogP contribution in [0.5, 0.6) is 11.5 Å². The maximum Gasteiger partial charge on any atom is 0.335 e. The molecule has 0 spiro atoms. The van der Waals surface area contributed by atoms with Crippen molar-refractivity contribution in [2.45, 2.75) is 6.61 Å². The molecule has 0 aliphatic rings. The summed E-state index contributed by atoms with van der Waals surface area (Å²) < 4.78 is 11.8. The topological polar surface area (TPSA) is 55.8 Å². The minimum Gasteiger partial charge on any atom is -0.493 e. The maximum atomic E-state index is 11.0. The molecule has 4 nitrogen and oxygen atoms in total. The van der Waals surface area contributed by atoms with E-state index in [1.54, 1.807) is 0 Å². The van der Waals surface area contributed by atoms with E-state index in [0.29, 0.717) is 12.4 Å². The van der Waals surface area contributed by atoms with Crippen molar-refractivity contribution in [2.24, 2.45) is 0 Å². The number of carboxylic acid groups (broad SMARTS) is 1. The van der Waals surface area contributed by atoms with Gasteiger partial charge in [-0.05, 0) is 29.8 Å². The van der Waals surface area contributed by atoms with Crippen LogP contribution in [0.4, 0.5) is 0 Å². The van der Waals surface area contributed by atoms with Crippen molar-refractivity contribution >= 4 is 33.5 Å². The molecule has 110 valence electrons. The Morgan fingerprint density at radius 2 is 1.95 bits per heavy atom. The molecule has 0 radical (unpaired) electrons. The van der Waals surface area contributed by atoms with E-state index < -0.39 is 5.97 Å². The molecule has 0 amide bonds. The Balaban J connectivity index is 2.23. The second-order valence-corrected chi connectivity index (χ2v) is 5.53. The summed E-state index contributed by atoms with van der Waals surface area (Å²) in [6.07, 6.45) is 0. The van der Waals surface area contributed by atoms with Gasteiger partial charge in [-0.3, -0.25) is 0 Å². The van der Waals surface area contributed by atoms with Gasteiger partial charge in [0.15, 0.2) is 11.5 Å². The molecular formula is C15H12BrClO4. The van der Waals surface area contributed by atoms with Crippen molar-refractivity contribution in [3.05, 3.63) is 57.0 Å². The predicted octanol–water partition coefficient (Wildman–Crippen LogP) is 4.39. The van der Waals surface area contributed by atoms with E-state index in [1.807, 2.05) is 24.3 Å². The highest BCUT2D eigenvalue weighted by Crippen LogP contribution is 2.37. The van der Waals surface area contributed by atoms with Crippen LogP contribution in [0.2, 0.25) is 5.02 Å². The highest BCUT2D eigenvalue weighted by molar-refractivity contribution is 9.10. The molecule has 0 unspecified atom stereocenters. The average molecular weight is 372 g/mol. The molecule has 21 heavy (non-hydrogen) atoms. The van der Waals surface area contributed by atoms with Crippen molar-refractivity contribution in [3.63, 3.8) is 0 Å². The summed E-state index contributed by atoms with van der Waals surface area (Å²) in [5.41, 5.74) is 1.01. The van der Waals surface area contributed by atoms with E-state index in [-0.39, 0.29) is 16.3 Å². The third-order valence-corrected chi connectivity index (χ3v) is 3.58. The van der Waals surface area contributed by atoms with Crippen LogP contribution < -0.4 is 9.47 Å². The summed E-state index contributed by atoms with van der Waals surface area (Å²) in [4.78, 5) is 11.0. The molecule has 0 fully saturated rings. The first-order valence-electron chi connectivity index (χ1n) is 5.99. The summed E-state index contributed by atoms with van der Waals surface area (Å²) in [6.45, 7) is 0.301. The normalized spacial score (nSPS) is 10.2. The second-order valence-electron chi connectivity index (χ2n) is 4.21. The summed E-state index contributed by atoms with van der Waals surface area (Å²) in [5.74, 6) is -0.459. The van der Waals surface area contributed by atoms with Gasteiger partial charge in [0.2, 0.25) is 0 Å². The summed E-state index contributed by atoms with van der Waals surface area (Å²) in [6, 6.07) is 10.4. The summed E-state index contributed by atoms with van der Waals surface area (Å²) in [7, 11) is 1.43. The Hall–Kier alpha value is -1.72. The second kappa shape index (κ2) is 6.83. The van der Waals surface area contributed by atoms with Gasteiger partial charge >= 0.3 is 5.97 Å². The molecule has 0 saturated heterocycles. The standard InChI is InChI=1S/C15H12BrClO4/c1-20-13-7-10(15(18)19)6-12(17)14(13)21-8-9-2-4-11(16)5-3-9/h2-7H,8H2,1H3,(H,18,19). The molecule has 0 bridgehead atoms. The van der Waals surface area contributed by atoms with E-state index in [1.165, 1.54) is 19.2 Å². The Bertz CT molecular complexity index is 655. The van der Waals surface area contributed by atoms with Crippen LogP contribution in [0.1, 0.15) is 15.9 Å². The van der Waals surface area contributed by atoms with Crippen LogP contribution in [-0.4, -0.2) is 18.2 Å². The zero-order chi connectivity index (χ0) is 15.4. The zero-order valence-corrected chi connectivity index (χ0v) is 13.4. The molecule has 2 aromatic carbocycles. The Morgan fingerprint density at radius 1 is 1.29 bits per heavy atom. The van der Waals surface area contributed by atoms with Gasteiger partial charge < -0.3 is 14.6 Å². The number of aromatic carboxylic acids is 1. The van der Waals surface area contributed by atoms with E-state index in [2.05, 4.69) is 15.9 Å². The van der Waals surface area contributed by atoms with Gasteiger partial charge in [0.05, 0.1) is 17.7 Å². The molecule has 0 heterocycles. The molecule has 0 aromatic heterocycles. The van der Waals surface area contributed by atoms with Crippen molar-refractivity contribution in [1.82, 2.24) is 0 Å². The number of carbonyl (C=O) groups is 1. The lowest BCUT2D eigenvalue weighted by Crippen LogP contribution is -2.02. The van der Waals surface area contributed by atoms with Gasteiger partial charge in [-0.1, -0.05) is 39.7 Å². The van der Waals surface area contributed by atoms with Crippen LogP contribution in [0.15, 0.2) is 40.9 Å². The Morgan fingerprint density at radius 3 is 2.52 bits per heavy atom. The van der Waals surface area contributed by atoms with Crippen molar-refractivity contribution in [1.29, 1.82) is 0 Å². The largest absolute Gasteiger partial charge is 0.493 e. The number of hydrogen-bond donors (Lipinski definition) is 1. The molecule has 1 N–H and O–H groups in total. The minimum atomic E-state index is -1.07. The molecule has 6 heteroatoms. The fraction of sp³-hybridized carbons (Fsp3) is 0.133. The fourth-order valence-electron chi connectivity index (χ4n) is 1.72. The number of rotatable bonds is 5. The number of hydrogen-bond acceptors (Lipinski definition) is 3. The molecule has 0 aliphatic heterocycles. The van der Waals surface area contributed by atoms with E-state index >= 15 is 0 Å². The Kier molecular flexibility index (Phi) is 5.09.